The van der Waals surface area contributed by atoms with Crippen molar-refractivity contribution in [2.75, 3.05) is 21.2 Å². The Hall–Kier alpha value is -3.63. The molecule has 4 unspecified atom stereocenters. The van der Waals surface area contributed by atoms with Crippen molar-refractivity contribution in [1.82, 2.24) is 4.90 Å². The van der Waals surface area contributed by atoms with Gasteiger partial charge in [0.25, 0.3) is 5.91 Å². The number of amides is 1. The maximum Gasteiger partial charge on any atom is 0.255 e. The number of hydrogen-bond acceptors (Lipinski definition) is 9. The number of allylic oxidation sites excluding steroid dienone is 2. The van der Waals surface area contributed by atoms with Crippen molar-refractivity contribution in [3.05, 3.63) is 57.7 Å². The molecule has 0 bridgehead atoms. The van der Waals surface area contributed by atoms with Gasteiger partial charge in [-0.2, -0.15) is 0 Å². The topological polar surface area (TPSA) is 171 Å². The van der Waals surface area contributed by atoms with Gasteiger partial charge in [-0.05, 0) is 62.5 Å². The van der Waals surface area contributed by atoms with Crippen LogP contribution in [-0.4, -0.2) is 75.6 Å². The lowest BCUT2D eigenvalue weighted by atomic mass is 9.58. The predicted octanol–water partition coefficient (Wildman–Crippen LogP) is 1.13. The number of phenols is 1. The molecule has 0 saturated heterocycles. The summed E-state index contributed by atoms with van der Waals surface area (Å²) in [6, 6.07) is 2.00. The standard InChI is InChI=1S/C25H28N2O8/c1-10(9-35-4)12-5-6-15(28)17-13(12)7-11-8-14-19(27(2)3)21(30)18(24(26)33)23(32)25(14,34)22(31)16(11)20(17)29/h5-6,9,11,14,19,28,30-31,34H,7-8H2,1-4H3,(H2,26,33)/b10-9-. The number of carbonyl (C=O) groups is 3. The largest absolute Gasteiger partial charge is 0.510 e. The number of primary amides is 1. The highest BCUT2D eigenvalue weighted by Gasteiger charge is 2.63. The van der Waals surface area contributed by atoms with E-state index in [1.807, 2.05) is 0 Å². The summed E-state index contributed by atoms with van der Waals surface area (Å²) < 4.78 is 5.10. The minimum absolute atomic E-state index is 0.0351. The molecule has 6 N–H and O–H groups in total. The zero-order valence-electron chi connectivity index (χ0n) is 19.8. The molecule has 35 heavy (non-hydrogen) atoms. The Morgan fingerprint density at radius 3 is 2.46 bits per heavy atom. The van der Waals surface area contributed by atoms with Gasteiger partial charge in [0.15, 0.2) is 11.4 Å². The molecule has 4 rings (SSSR count). The molecule has 4 atom stereocenters. The van der Waals surface area contributed by atoms with Crippen LogP contribution >= 0.6 is 0 Å². The van der Waals surface area contributed by atoms with Crippen molar-refractivity contribution in [1.29, 1.82) is 0 Å². The average molecular weight is 485 g/mol. The first-order chi connectivity index (χ1) is 16.4. The second-order valence-corrected chi connectivity index (χ2v) is 9.49. The first-order valence-corrected chi connectivity index (χ1v) is 11.1. The maximum atomic E-state index is 13.6. The molecule has 1 amide bonds. The fraction of sp³-hybridized carbons (Fsp3) is 0.400. The quantitative estimate of drug-likeness (QED) is 0.310. The number of Topliss-reactive ketones (excluding diaryl/α,β-unsaturated/α-hetero) is 2. The molecule has 3 aliphatic carbocycles. The summed E-state index contributed by atoms with van der Waals surface area (Å²) in [5, 5.41) is 44.2. The molecule has 10 heteroatoms. The third-order valence-corrected chi connectivity index (χ3v) is 7.33. The van der Waals surface area contributed by atoms with E-state index in [1.165, 1.54) is 24.3 Å². The number of carbonyl (C=O) groups excluding carboxylic acids is 3. The van der Waals surface area contributed by atoms with Crippen LogP contribution in [0.25, 0.3) is 5.57 Å². The van der Waals surface area contributed by atoms with Gasteiger partial charge in [0.2, 0.25) is 5.78 Å². The Bertz CT molecular complexity index is 1260. The molecule has 0 radical (unpaired) electrons. The Kier molecular flexibility index (Phi) is 5.77. The fourth-order valence-corrected chi connectivity index (χ4v) is 5.86. The molecule has 0 fully saturated rings. The van der Waals surface area contributed by atoms with Crippen LogP contribution in [0.4, 0.5) is 0 Å². The molecule has 0 aliphatic heterocycles. The SMILES string of the molecule is CO/C=C(/C)c1ccc(O)c2c1CC1CC3C(N(C)C)C(O)=C(C(N)=O)C(=O)C3(O)C(O)=C1C2=O. The molecular formula is C25H28N2O8. The smallest absolute Gasteiger partial charge is 0.255 e. The highest BCUT2D eigenvalue weighted by atomic mass is 16.5. The predicted molar refractivity (Wildman–Crippen MR) is 124 cm³/mol. The van der Waals surface area contributed by atoms with Crippen LogP contribution in [0.5, 0.6) is 5.75 Å². The zero-order valence-corrected chi connectivity index (χ0v) is 19.8. The van der Waals surface area contributed by atoms with Crippen molar-refractivity contribution in [2.24, 2.45) is 17.6 Å². The second kappa shape index (κ2) is 8.24. The van der Waals surface area contributed by atoms with E-state index in [1.54, 1.807) is 27.1 Å². The van der Waals surface area contributed by atoms with Crippen LogP contribution in [0, 0.1) is 11.8 Å². The third-order valence-electron chi connectivity index (χ3n) is 7.33. The highest BCUT2D eigenvalue weighted by molar-refractivity contribution is 6.24. The van der Waals surface area contributed by atoms with Crippen LogP contribution in [0.1, 0.15) is 34.8 Å². The van der Waals surface area contributed by atoms with Crippen molar-refractivity contribution < 1.29 is 39.5 Å². The van der Waals surface area contributed by atoms with Gasteiger partial charge < -0.3 is 30.9 Å². The molecule has 1 aromatic rings. The number of ketones is 2. The lowest BCUT2D eigenvalue weighted by Crippen LogP contribution is -2.63. The molecule has 0 heterocycles. The first kappa shape index (κ1) is 24.5. The van der Waals surface area contributed by atoms with E-state index in [-0.39, 0.29) is 29.7 Å². The van der Waals surface area contributed by atoms with Crippen molar-refractivity contribution >= 4 is 23.0 Å². The molecule has 0 spiro atoms. The van der Waals surface area contributed by atoms with Gasteiger partial charge in [-0.25, -0.2) is 0 Å². The lowest BCUT2D eigenvalue weighted by Gasteiger charge is -2.50. The second-order valence-electron chi connectivity index (χ2n) is 9.49. The Labute approximate surface area is 201 Å². The first-order valence-electron chi connectivity index (χ1n) is 11.1. The monoisotopic (exact) mass is 484 g/mol. The van der Waals surface area contributed by atoms with Crippen LogP contribution in [0.2, 0.25) is 0 Å². The number of aliphatic hydroxyl groups excluding tert-OH is 2. The number of aromatic hydroxyl groups is 1. The number of hydrogen-bond donors (Lipinski definition) is 5. The molecular weight excluding hydrogens is 456 g/mol. The van der Waals surface area contributed by atoms with E-state index in [4.69, 9.17) is 10.5 Å². The van der Waals surface area contributed by atoms with Crippen molar-refractivity contribution in [3.8, 4) is 5.75 Å². The van der Waals surface area contributed by atoms with Gasteiger partial charge >= 0.3 is 0 Å². The van der Waals surface area contributed by atoms with E-state index < -0.39 is 58.0 Å². The van der Waals surface area contributed by atoms with Gasteiger partial charge in [-0.3, -0.25) is 19.3 Å². The number of benzene rings is 1. The van der Waals surface area contributed by atoms with Gasteiger partial charge in [-0.1, -0.05) is 6.07 Å². The van der Waals surface area contributed by atoms with Crippen LogP contribution in [-0.2, 0) is 20.7 Å². The summed E-state index contributed by atoms with van der Waals surface area (Å²) in [7, 11) is 4.66. The minimum Gasteiger partial charge on any atom is -0.510 e. The van der Waals surface area contributed by atoms with Crippen LogP contribution in [0.3, 0.4) is 0 Å². The van der Waals surface area contributed by atoms with Gasteiger partial charge in [0.05, 0.1) is 25.0 Å². The van der Waals surface area contributed by atoms with E-state index in [0.29, 0.717) is 16.7 Å². The number of nitrogens with two attached hydrogens (primary N) is 1. The molecule has 186 valence electrons. The third kappa shape index (κ3) is 3.28. The zero-order chi connectivity index (χ0) is 26.0. The number of phenolic OH excluding ortho intramolecular Hbond substituents is 1. The molecule has 3 aliphatic rings. The summed E-state index contributed by atoms with van der Waals surface area (Å²) in [5.41, 5.74) is 3.57. The van der Waals surface area contributed by atoms with E-state index >= 15 is 0 Å². The van der Waals surface area contributed by atoms with Gasteiger partial charge in [0.1, 0.15) is 22.8 Å². The number of ether oxygens (including phenoxy) is 1. The van der Waals surface area contributed by atoms with E-state index in [0.717, 1.165) is 0 Å². The number of rotatable bonds is 4. The summed E-state index contributed by atoms with van der Waals surface area (Å²) >= 11 is 0. The Morgan fingerprint density at radius 2 is 1.89 bits per heavy atom. The Balaban J connectivity index is 1.97. The highest BCUT2D eigenvalue weighted by Crippen LogP contribution is 2.52. The van der Waals surface area contributed by atoms with Crippen molar-refractivity contribution in [2.45, 2.75) is 31.4 Å². The average Bonchev–Trinajstić information content (AvgIpc) is 2.76. The lowest BCUT2D eigenvalue weighted by molar-refractivity contribution is -0.148. The van der Waals surface area contributed by atoms with E-state index in [9.17, 15) is 34.8 Å². The molecule has 0 aromatic heterocycles. The van der Waals surface area contributed by atoms with Crippen molar-refractivity contribution in [3.63, 3.8) is 0 Å². The maximum absolute atomic E-state index is 13.6. The van der Waals surface area contributed by atoms with Gasteiger partial charge in [-0.15, -0.1) is 0 Å². The number of likely N-dealkylation sites (N-methyl/N-ethyl adjacent to an activating group) is 1. The summed E-state index contributed by atoms with van der Waals surface area (Å²) in [6.07, 6.45) is 1.76. The molecule has 10 nitrogen and oxygen atoms in total. The van der Waals surface area contributed by atoms with Crippen LogP contribution in [0.15, 0.2) is 41.1 Å². The molecule has 1 aromatic carbocycles. The normalized spacial score (nSPS) is 28.6. The number of nitrogens with zero attached hydrogens (tertiary/aromatic N) is 1. The number of aliphatic hydroxyl groups is 3. The summed E-state index contributed by atoms with van der Waals surface area (Å²) in [5.74, 6) is -6.72. The summed E-state index contributed by atoms with van der Waals surface area (Å²) in [4.78, 5) is 40.4. The fourth-order valence-electron chi connectivity index (χ4n) is 5.86. The number of methoxy groups -OCH3 is 1. The minimum atomic E-state index is -2.65. The molecule has 0 saturated carbocycles. The number of fused-ring (bicyclic) bond motifs is 3. The van der Waals surface area contributed by atoms with Gasteiger partial charge in [0, 0.05) is 11.5 Å². The Morgan fingerprint density at radius 1 is 1.23 bits per heavy atom. The summed E-state index contributed by atoms with van der Waals surface area (Å²) in [6.45, 7) is 1.79. The van der Waals surface area contributed by atoms with E-state index in [2.05, 4.69) is 0 Å². The van der Waals surface area contributed by atoms with Crippen LogP contribution < -0.4 is 5.73 Å².